The number of ether oxygens (including phenoxy) is 1. The van der Waals surface area contributed by atoms with E-state index in [-0.39, 0.29) is 22.9 Å². The van der Waals surface area contributed by atoms with Crippen LogP contribution >= 0.6 is 0 Å². The normalized spacial score (nSPS) is 34.3. The van der Waals surface area contributed by atoms with E-state index in [0.717, 1.165) is 12.8 Å². The molecule has 2 fully saturated rings. The number of nitrogens with one attached hydrogen (secondary N) is 1. The predicted molar refractivity (Wildman–Crippen MR) is 76.1 cm³/mol. The molecule has 0 bridgehead atoms. The fourth-order valence-electron chi connectivity index (χ4n) is 3.30. The maximum Gasteiger partial charge on any atom is 0.348 e. The van der Waals surface area contributed by atoms with Gasteiger partial charge in [-0.05, 0) is 18.8 Å². The molecule has 3 heterocycles. The molecule has 0 aromatic carbocycles. The molecule has 1 saturated carbocycles. The second-order valence-corrected chi connectivity index (χ2v) is 6.06. The van der Waals surface area contributed by atoms with E-state index in [2.05, 4.69) is 15.0 Å². The Balaban J connectivity index is 1.81. The minimum absolute atomic E-state index is 0.0170. The molecule has 2 aromatic rings. The van der Waals surface area contributed by atoms with Gasteiger partial charge in [-0.2, -0.15) is 4.98 Å². The van der Waals surface area contributed by atoms with Crippen molar-refractivity contribution < 1.29 is 19.3 Å². The lowest BCUT2D eigenvalue weighted by Gasteiger charge is -2.29. The van der Waals surface area contributed by atoms with Crippen LogP contribution in [0.4, 0.5) is 10.2 Å². The van der Waals surface area contributed by atoms with E-state index >= 15 is 0 Å². The maximum absolute atomic E-state index is 14.7. The first kappa shape index (κ1) is 14.5. The molecule has 0 amide bonds. The van der Waals surface area contributed by atoms with Crippen LogP contribution in [-0.4, -0.2) is 54.2 Å². The molecule has 23 heavy (non-hydrogen) atoms. The van der Waals surface area contributed by atoms with Gasteiger partial charge in [0.2, 0.25) is 0 Å². The summed E-state index contributed by atoms with van der Waals surface area (Å²) in [5.74, 6) is -0.0784. The molecular formula is C13H16FN5O4. The van der Waals surface area contributed by atoms with Crippen molar-refractivity contribution in [2.24, 2.45) is 5.92 Å². The molecule has 0 radical (unpaired) electrons. The number of aliphatic hydroxyl groups is 2. The van der Waals surface area contributed by atoms with Crippen molar-refractivity contribution >= 4 is 17.0 Å². The van der Waals surface area contributed by atoms with Crippen LogP contribution in [0.1, 0.15) is 19.1 Å². The first-order valence-electron chi connectivity index (χ1n) is 7.31. The lowest BCUT2D eigenvalue weighted by molar-refractivity contribution is -0.139. The van der Waals surface area contributed by atoms with Crippen LogP contribution in [0.3, 0.4) is 0 Å². The minimum Gasteiger partial charge on any atom is -0.393 e. The molecule has 4 rings (SSSR count). The molecule has 0 unspecified atom stereocenters. The number of nitrogen functional groups attached to an aromatic ring is 1. The van der Waals surface area contributed by atoms with E-state index in [1.54, 1.807) is 0 Å². The van der Waals surface area contributed by atoms with Crippen LogP contribution in [0.15, 0.2) is 11.1 Å². The average molecular weight is 325 g/mol. The van der Waals surface area contributed by atoms with Gasteiger partial charge in [0.05, 0.1) is 12.9 Å². The van der Waals surface area contributed by atoms with Gasteiger partial charge in [-0.25, -0.2) is 14.2 Å². The summed E-state index contributed by atoms with van der Waals surface area (Å²) < 4.78 is 21.6. The number of fused-ring (bicyclic) bond motifs is 1. The summed E-state index contributed by atoms with van der Waals surface area (Å²) in [7, 11) is 0. The van der Waals surface area contributed by atoms with Crippen LogP contribution in [0.2, 0.25) is 0 Å². The molecule has 2 aliphatic rings. The molecule has 1 saturated heterocycles. The fraction of sp³-hybridized carbons (Fsp3) is 0.615. The lowest BCUT2D eigenvalue weighted by Crippen LogP contribution is -2.47. The van der Waals surface area contributed by atoms with E-state index in [4.69, 9.17) is 10.5 Å². The molecule has 4 atom stereocenters. The van der Waals surface area contributed by atoms with Crippen molar-refractivity contribution in [2.45, 2.75) is 36.9 Å². The van der Waals surface area contributed by atoms with Crippen LogP contribution in [0.25, 0.3) is 11.2 Å². The van der Waals surface area contributed by atoms with Crippen LogP contribution < -0.4 is 11.4 Å². The number of rotatable bonds is 3. The Hall–Kier alpha value is -2.04. The molecule has 9 nitrogen and oxygen atoms in total. The lowest BCUT2D eigenvalue weighted by atomic mass is 9.91. The van der Waals surface area contributed by atoms with Crippen molar-refractivity contribution in [2.75, 3.05) is 12.3 Å². The van der Waals surface area contributed by atoms with Gasteiger partial charge in [0.1, 0.15) is 23.0 Å². The van der Waals surface area contributed by atoms with Crippen molar-refractivity contribution in [1.82, 2.24) is 19.5 Å². The van der Waals surface area contributed by atoms with Gasteiger partial charge in [-0.15, -0.1) is 0 Å². The predicted octanol–water partition coefficient (Wildman–Crippen LogP) is -0.929. The van der Waals surface area contributed by atoms with E-state index in [1.165, 1.54) is 10.9 Å². The molecule has 10 heteroatoms. The first-order chi connectivity index (χ1) is 11.0. The van der Waals surface area contributed by atoms with Gasteiger partial charge in [-0.1, -0.05) is 0 Å². The highest BCUT2D eigenvalue weighted by Gasteiger charge is 2.62. The zero-order chi connectivity index (χ0) is 16.4. The average Bonchev–Trinajstić information content (AvgIpc) is 3.24. The molecule has 1 aliphatic carbocycles. The number of halogens is 1. The third-order valence-electron chi connectivity index (χ3n) is 4.68. The summed E-state index contributed by atoms with van der Waals surface area (Å²) in [6.45, 7) is -0.488. The first-order valence-corrected chi connectivity index (χ1v) is 7.31. The number of nitrogens with two attached hydrogens (primary N) is 1. The van der Waals surface area contributed by atoms with Gasteiger partial charge < -0.3 is 20.7 Å². The molecule has 1 aliphatic heterocycles. The molecule has 2 aromatic heterocycles. The van der Waals surface area contributed by atoms with E-state index in [9.17, 15) is 19.4 Å². The van der Waals surface area contributed by atoms with Gasteiger partial charge in [0.25, 0.3) is 0 Å². The molecule has 0 spiro atoms. The summed E-state index contributed by atoms with van der Waals surface area (Å²) in [6, 6.07) is 0. The number of aliphatic hydroxyl groups excluding tert-OH is 2. The van der Waals surface area contributed by atoms with Crippen LogP contribution in [0.5, 0.6) is 0 Å². The topological polar surface area (TPSA) is 139 Å². The minimum atomic E-state index is -1.79. The van der Waals surface area contributed by atoms with E-state index in [0.29, 0.717) is 0 Å². The Morgan fingerprint density at radius 1 is 1.57 bits per heavy atom. The summed E-state index contributed by atoms with van der Waals surface area (Å²) >= 11 is 0. The number of alkyl halides is 1. The summed E-state index contributed by atoms with van der Waals surface area (Å²) in [6.07, 6.45) is -1.73. The van der Waals surface area contributed by atoms with Gasteiger partial charge in [0.15, 0.2) is 18.0 Å². The Kier molecular flexibility index (Phi) is 2.99. The Morgan fingerprint density at radius 2 is 2.30 bits per heavy atom. The third-order valence-corrected chi connectivity index (χ3v) is 4.68. The zero-order valence-electron chi connectivity index (χ0n) is 12.0. The maximum atomic E-state index is 14.7. The van der Waals surface area contributed by atoms with Gasteiger partial charge >= 0.3 is 5.69 Å². The Morgan fingerprint density at radius 3 is 2.96 bits per heavy atom. The summed E-state index contributed by atoms with van der Waals surface area (Å²) in [5, 5.41) is 19.9. The van der Waals surface area contributed by atoms with E-state index in [1.807, 2.05) is 0 Å². The van der Waals surface area contributed by atoms with Gasteiger partial charge in [0, 0.05) is 0 Å². The highest BCUT2D eigenvalue weighted by atomic mass is 19.1. The van der Waals surface area contributed by atoms with Crippen molar-refractivity contribution in [3.8, 4) is 0 Å². The number of nitrogens with zero attached hydrogens (tertiary/aromatic N) is 3. The number of aromatic nitrogens is 4. The highest BCUT2D eigenvalue weighted by molar-refractivity contribution is 5.81. The standard InChI is InChI=1S/C13H16FN5O4/c14-6-8(21)13(3-20,5-1-2-5)23-11(6)19-4-16-7-9(15)17-12(22)18-10(7)19/h4-6,8,11,20-21H,1-3H2,(H3,15,17,18,22)/t6-,8+,11-,13+/m1/s1. The van der Waals surface area contributed by atoms with Crippen LogP contribution in [0, 0.1) is 5.92 Å². The third kappa shape index (κ3) is 1.92. The monoisotopic (exact) mass is 325 g/mol. The van der Waals surface area contributed by atoms with E-state index < -0.39 is 36.4 Å². The number of anilines is 1. The Labute approximate surface area is 128 Å². The number of hydrogen-bond acceptors (Lipinski definition) is 7. The number of aromatic amines is 1. The second-order valence-electron chi connectivity index (χ2n) is 6.06. The number of hydrogen-bond donors (Lipinski definition) is 4. The molecule has 124 valence electrons. The molecule has 5 N–H and O–H groups in total. The van der Waals surface area contributed by atoms with Crippen molar-refractivity contribution in [3.05, 3.63) is 16.8 Å². The molecular weight excluding hydrogens is 309 g/mol. The van der Waals surface area contributed by atoms with Gasteiger partial charge in [-0.3, -0.25) is 9.55 Å². The zero-order valence-corrected chi connectivity index (χ0v) is 12.0. The van der Waals surface area contributed by atoms with Crippen molar-refractivity contribution in [3.63, 3.8) is 0 Å². The summed E-state index contributed by atoms with van der Waals surface area (Å²) in [5.41, 5.74) is 3.92. The Bertz CT molecular complexity index is 818. The largest absolute Gasteiger partial charge is 0.393 e. The summed E-state index contributed by atoms with van der Waals surface area (Å²) in [4.78, 5) is 21.6. The van der Waals surface area contributed by atoms with Crippen molar-refractivity contribution in [1.29, 1.82) is 0 Å². The quantitative estimate of drug-likeness (QED) is 0.571. The fourth-order valence-corrected chi connectivity index (χ4v) is 3.30. The SMILES string of the molecule is Nc1[nH]c(=O)nc2c1ncn2[C@@H]1O[C@@](CO)(C2CC2)[C@@H](O)[C@H]1F. The second kappa shape index (κ2) is 4.73. The highest BCUT2D eigenvalue weighted by Crippen LogP contribution is 2.52. The smallest absolute Gasteiger partial charge is 0.348 e. The number of H-pyrrole nitrogens is 1. The van der Waals surface area contributed by atoms with Crippen LogP contribution in [-0.2, 0) is 4.74 Å². The number of imidazole rings is 1.